The fourth-order valence-corrected chi connectivity index (χ4v) is 4.20. The minimum atomic E-state index is -3.78. The minimum Gasteiger partial charge on any atom is -0.496 e. The normalized spacial score (nSPS) is 18.9. The summed E-state index contributed by atoms with van der Waals surface area (Å²) in [4.78, 5) is 24.6. The van der Waals surface area contributed by atoms with Crippen LogP contribution in [0.1, 0.15) is 30.1 Å². The zero-order valence-electron chi connectivity index (χ0n) is 15.8. The number of benzene rings is 1. The maximum atomic E-state index is 12.8. The first-order valence-electron chi connectivity index (χ1n) is 9.10. The number of ether oxygens (including phenoxy) is 3. The summed E-state index contributed by atoms with van der Waals surface area (Å²) in [5, 5.41) is 2.76. The molecule has 0 radical (unpaired) electrons. The van der Waals surface area contributed by atoms with Gasteiger partial charge in [-0.1, -0.05) is 0 Å². The van der Waals surface area contributed by atoms with Crippen LogP contribution in [0.4, 0.5) is 0 Å². The summed E-state index contributed by atoms with van der Waals surface area (Å²) in [7, 11) is -2.42. The molecule has 1 amide bonds. The van der Waals surface area contributed by atoms with Crippen LogP contribution in [0.3, 0.4) is 0 Å². The van der Waals surface area contributed by atoms with E-state index in [0.29, 0.717) is 13.2 Å². The summed E-state index contributed by atoms with van der Waals surface area (Å²) in [5.41, 5.74) is -0.0529. The van der Waals surface area contributed by atoms with Crippen LogP contribution in [0, 0.1) is 0 Å². The minimum absolute atomic E-state index is 0.0442. The van der Waals surface area contributed by atoms with E-state index in [4.69, 9.17) is 14.2 Å². The van der Waals surface area contributed by atoms with Crippen LogP contribution in [0.15, 0.2) is 23.1 Å². The summed E-state index contributed by atoms with van der Waals surface area (Å²) in [6.45, 7) is 2.59. The van der Waals surface area contributed by atoms with Gasteiger partial charge in [0, 0.05) is 19.1 Å². The molecule has 9 nitrogen and oxygen atoms in total. The van der Waals surface area contributed by atoms with Gasteiger partial charge in [-0.15, -0.1) is 0 Å². The van der Waals surface area contributed by atoms with Crippen molar-refractivity contribution in [3.05, 3.63) is 23.8 Å². The van der Waals surface area contributed by atoms with Gasteiger partial charge in [0.2, 0.25) is 10.0 Å². The largest absolute Gasteiger partial charge is 0.496 e. The van der Waals surface area contributed by atoms with Gasteiger partial charge in [-0.2, -0.15) is 4.31 Å². The van der Waals surface area contributed by atoms with Crippen molar-refractivity contribution >= 4 is 21.9 Å². The number of carbonyl (C=O) groups excluding carboxylic acids is 2. The Morgan fingerprint density at radius 2 is 1.93 bits per heavy atom. The quantitative estimate of drug-likeness (QED) is 0.651. The van der Waals surface area contributed by atoms with E-state index in [9.17, 15) is 18.0 Å². The number of carbonyl (C=O) groups is 2. The molecular weight excluding hydrogens is 388 g/mol. The molecule has 28 heavy (non-hydrogen) atoms. The summed E-state index contributed by atoms with van der Waals surface area (Å²) >= 11 is 0. The van der Waals surface area contributed by atoms with Crippen molar-refractivity contribution in [1.29, 1.82) is 0 Å². The lowest BCUT2D eigenvalue weighted by Crippen LogP contribution is -2.40. The Hall–Kier alpha value is -2.17. The first-order chi connectivity index (χ1) is 13.3. The number of methoxy groups -OCH3 is 1. The summed E-state index contributed by atoms with van der Waals surface area (Å²) in [6.07, 6.45) is 0.834. The van der Waals surface area contributed by atoms with E-state index in [2.05, 4.69) is 5.32 Å². The molecule has 1 saturated heterocycles. The van der Waals surface area contributed by atoms with Crippen molar-refractivity contribution < 1.29 is 32.2 Å². The highest BCUT2D eigenvalue weighted by Crippen LogP contribution is 2.26. The molecule has 1 atom stereocenters. The average molecular weight is 412 g/mol. The topological polar surface area (TPSA) is 111 Å². The second-order valence-corrected chi connectivity index (χ2v) is 8.65. The third-order valence-corrected chi connectivity index (χ3v) is 6.47. The fourth-order valence-electron chi connectivity index (χ4n) is 2.77. The summed E-state index contributed by atoms with van der Waals surface area (Å²) in [5.74, 6) is -1.04. The van der Waals surface area contributed by atoms with Gasteiger partial charge in [0.25, 0.3) is 5.91 Å². The van der Waals surface area contributed by atoms with E-state index in [1.807, 2.05) is 0 Å². The van der Waals surface area contributed by atoms with Crippen molar-refractivity contribution in [1.82, 2.24) is 9.62 Å². The molecule has 0 spiro atoms. The third kappa shape index (κ3) is 4.62. The Labute approximate surface area is 164 Å². The second kappa shape index (κ2) is 8.46. The predicted molar refractivity (Wildman–Crippen MR) is 98.6 cm³/mol. The Bertz CT molecular complexity index is 845. The molecule has 2 fully saturated rings. The Morgan fingerprint density at radius 3 is 2.54 bits per heavy atom. The van der Waals surface area contributed by atoms with Crippen molar-refractivity contribution in [2.75, 3.05) is 33.4 Å². The highest BCUT2D eigenvalue weighted by atomic mass is 32.2. The molecular formula is C18H24N2O7S. The molecule has 2 aliphatic rings. The molecule has 1 aliphatic heterocycles. The maximum absolute atomic E-state index is 12.8. The predicted octanol–water partition coefficient (Wildman–Crippen LogP) is 0.540. The van der Waals surface area contributed by atoms with Crippen LogP contribution in [0.2, 0.25) is 0 Å². The number of hydrogen-bond acceptors (Lipinski definition) is 7. The molecule has 1 heterocycles. The molecule has 10 heteroatoms. The average Bonchev–Trinajstić information content (AvgIpc) is 3.51. The van der Waals surface area contributed by atoms with Gasteiger partial charge in [0.05, 0.1) is 25.2 Å². The molecule has 1 saturated carbocycles. The number of hydrogen-bond donors (Lipinski definition) is 1. The molecule has 0 bridgehead atoms. The van der Waals surface area contributed by atoms with Gasteiger partial charge in [-0.3, -0.25) is 4.79 Å². The molecule has 0 unspecified atom stereocenters. The van der Waals surface area contributed by atoms with E-state index in [-0.39, 0.29) is 41.2 Å². The van der Waals surface area contributed by atoms with E-state index < -0.39 is 22.1 Å². The molecule has 1 aromatic rings. The van der Waals surface area contributed by atoms with Crippen molar-refractivity contribution in [3.8, 4) is 5.75 Å². The molecule has 154 valence electrons. The molecule has 1 N–H and O–H groups in total. The lowest BCUT2D eigenvalue weighted by atomic mass is 10.2. The summed E-state index contributed by atoms with van der Waals surface area (Å²) in [6, 6.07) is 4.14. The van der Waals surface area contributed by atoms with Gasteiger partial charge in [-0.05, 0) is 38.0 Å². The summed E-state index contributed by atoms with van der Waals surface area (Å²) < 4.78 is 42.6. The van der Waals surface area contributed by atoms with Gasteiger partial charge in [0.1, 0.15) is 11.3 Å². The number of nitrogens with one attached hydrogen (secondary N) is 1. The number of nitrogens with zero attached hydrogens (tertiary/aromatic N) is 1. The molecule has 1 aliphatic carbocycles. The van der Waals surface area contributed by atoms with Crippen LogP contribution in [-0.4, -0.2) is 70.2 Å². The van der Waals surface area contributed by atoms with Gasteiger partial charge >= 0.3 is 5.97 Å². The zero-order valence-corrected chi connectivity index (χ0v) is 16.7. The van der Waals surface area contributed by atoms with Crippen LogP contribution in [0.25, 0.3) is 0 Å². The lowest BCUT2D eigenvalue weighted by molar-refractivity contribution is -0.129. The zero-order chi connectivity index (χ0) is 20.3. The van der Waals surface area contributed by atoms with E-state index in [0.717, 1.165) is 12.8 Å². The van der Waals surface area contributed by atoms with E-state index in [1.165, 1.54) is 36.5 Å². The number of amides is 1. The number of esters is 1. The number of morpholine rings is 1. The SMILES string of the molecule is COc1ccc(S(=O)(=O)N2CCOCC2)cc1C(=O)O[C@H](C)C(=O)NC1CC1. The van der Waals surface area contributed by atoms with Gasteiger partial charge < -0.3 is 19.5 Å². The fraction of sp³-hybridized carbons (Fsp3) is 0.556. The molecule has 0 aromatic heterocycles. The standard InChI is InChI=1S/C18H24N2O7S/c1-12(17(21)19-13-3-4-13)27-18(22)15-11-14(5-6-16(15)25-2)28(23,24)20-7-9-26-10-8-20/h5-6,11-13H,3-4,7-10H2,1-2H3,(H,19,21)/t12-/m1/s1. The van der Waals surface area contributed by atoms with Crippen LogP contribution < -0.4 is 10.1 Å². The lowest BCUT2D eigenvalue weighted by Gasteiger charge is -2.26. The first-order valence-corrected chi connectivity index (χ1v) is 10.5. The maximum Gasteiger partial charge on any atom is 0.342 e. The smallest absolute Gasteiger partial charge is 0.342 e. The van der Waals surface area contributed by atoms with Gasteiger partial charge in [-0.25, -0.2) is 13.2 Å². The highest BCUT2D eigenvalue weighted by Gasteiger charge is 2.30. The van der Waals surface area contributed by atoms with Gasteiger partial charge in [0.15, 0.2) is 6.10 Å². The molecule has 1 aromatic carbocycles. The van der Waals surface area contributed by atoms with Crippen LogP contribution >= 0.6 is 0 Å². The Morgan fingerprint density at radius 1 is 1.25 bits per heavy atom. The van der Waals surface area contributed by atoms with E-state index >= 15 is 0 Å². The third-order valence-electron chi connectivity index (χ3n) is 4.58. The Balaban J connectivity index is 1.80. The van der Waals surface area contributed by atoms with Crippen molar-refractivity contribution in [2.24, 2.45) is 0 Å². The molecule has 3 rings (SSSR count). The van der Waals surface area contributed by atoms with Crippen LogP contribution in [0.5, 0.6) is 5.75 Å². The monoisotopic (exact) mass is 412 g/mol. The van der Waals surface area contributed by atoms with Crippen molar-refractivity contribution in [2.45, 2.75) is 36.8 Å². The number of rotatable bonds is 7. The highest BCUT2D eigenvalue weighted by molar-refractivity contribution is 7.89. The second-order valence-electron chi connectivity index (χ2n) is 6.71. The number of sulfonamides is 1. The first kappa shape index (κ1) is 20.6. The van der Waals surface area contributed by atoms with Crippen molar-refractivity contribution in [3.63, 3.8) is 0 Å². The van der Waals surface area contributed by atoms with Crippen LogP contribution in [-0.2, 0) is 24.3 Å². The Kier molecular flexibility index (Phi) is 6.21. The van der Waals surface area contributed by atoms with E-state index in [1.54, 1.807) is 0 Å².